The van der Waals surface area contributed by atoms with Gasteiger partial charge in [0.15, 0.2) is 6.17 Å². The molecule has 7 nitrogen and oxygen atoms in total. The maximum atomic E-state index is 5.12. The lowest BCUT2D eigenvalue weighted by molar-refractivity contribution is 0.424. The van der Waals surface area contributed by atoms with Crippen molar-refractivity contribution in [2.45, 2.75) is 52.1 Å². The van der Waals surface area contributed by atoms with E-state index in [0.717, 1.165) is 45.5 Å². The van der Waals surface area contributed by atoms with Crippen LogP contribution in [0, 0.1) is 0 Å². The SMILES string of the molecule is CC1=CC(C)N=C(c2ccc(C3=NC(c4ccc(C5NC(C)=CC(C)N5)cc4)N=C(c4ccc(-c5ccccc5)cc4)N3)cc2)N1. The molecule has 0 bridgehead atoms. The van der Waals surface area contributed by atoms with Gasteiger partial charge in [-0.25, -0.2) is 9.98 Å². The van der Waals surface area contributed by atoms with Crippen LogP contribution in [0.4, 0.5) is 0 Å². The minimum atomic E-state index is -0.389. The highest BCUT2D eigenvalue weighted by molar-refractivity contribution is 6.16. The van der Waals surface area contributed by atoms with E-state index in [9.17, 15) is 0 Å². The van der Waals surface area contributed by atoms with E-state index in [0.29, 0.717) is 6.04 Å². The van der Waals surface area contributed by atoms with Gasteiger partial charge in [-0.15, -0.1) is 0 Å². The fourth-order valence-corrected chi connectivity index (χ4v) is 6.18. The number of aliphatic imine (C=N–C) groups is 3. The number of nitrogens with zero attached hydrogens (tertiary/aromatic N) is 3. The first-order chi connectivity index (χ1) is 22.4. The summed E-state index contributed by atoms with van der Waals surface area (Å²) in [5, 5.41) is 14.1. The molecule has 0 aliphatic carbocycles. The average Bonchev–Trinajstić information content (AvgIpc) is 3.08. The van der Waals surface area contributed by atoms with Gasteiger partial charge in [0.05, 0.1) is 6.04 Å². The van der Waals surface area contributed by atoms with Gasteiger partial charge in [0.25, 0.3) is 0 Å². The van der Waals surface area contributed by atoms with Crippen molar-refractivity contribution >= 4 is 17.5 Å². The van der Waals surface area contributed by atoms with Crippen molar-refractivity contribution in [3.05, 3.63) is 154 Å². The van der Waals surface area contributed by atoms with E-state index in [1.165, 1.54) is 22.4 Å². The third kappa shape index (κ3) is 6.41. The lowest BCUT2D eigenvalue weighted by atomic mass is 10.0. The quantitative estimate of drug-likeness (QED) is 0.191. The Morgan fingerprint density at radius 2 is 1.02 bits per heavy atom. The van der Waals surface area contributed by atoms with Crippen LogP contribution in [0.1, 0.15) is 67.8 Å². The van der Waals surface area contributed by atoms with Crippen LogP contribution in [0.15, 0.2) is 142 Å². The second-order valence-electron chi connectivity index (χ2n) is 12.2. The van der Waals surface area contributed by atoms with Crippen LogP contribution >= 0.6 is 0 Å². The van der Waals surface area contributed by atoms with Gasteiger partial charge in [-0.2, -0.15) is 0 Å². The molecule has 0 saturated heterocycles. The Hall–Kier alpha value is -5.27. The molecule has 0 amide bonds. The zero-order chi connectivity index (χ0) is 31.6. The normalized spacial score (nSPS) is 22.6. The fourth-order valence-electron chi connectivity index (χ4n) is 6.18. The van der Waals surface area contributed by atoms with Crippen molar-refractivity contribution < 1.29 is 0 Å². The monoisotopic (exact) mass is 605 g/mol. The highest BCUT2D eigenvalue weighted by atomic mass is 15.2. The Morgan fingerprint density at radius 1 is 0.500 bits per heavy atom. The Morgan fingerprint density at radius 3 is 1.59 bits per heavy atom. The van der Waals surface area contributed by atoms with Crippen LogP contribution in [-0.2, 0) is 0 Å². The summed E-state index contributed by atoms with van der Waals surface area (Å²) in [6.45, 7) is 8.45. The predicted octanol–water partition coefficient (Wildman–Crippen LogP) is 6.97. The van der Waals surface area contributed by atoms with Crippen molar-refractivity contribution in [2.24, 2.45) is 15.0 Å². The van der Waals surface area contributed by atoms with Gasteiger partial charge < -0.3 is 16.0 Å². The fraction of sp³-hybridized carbons (Fsp3) is 0.205. The number of benzene rings is 4. The topological polar surface area (TPSA) is 85.2 Å². The van der Waals surface area contributed by atoms with Crippen molar-refractivity contribution in [1.82, 2.24) is 21.3 Å². The first kappa shape index (κ1) is 29.4. The third-order valence-electron chi connectivity index (χ3n) is 8.45. The molecule has 4 unspecified atom stereocenters. The van der Waals surface area contributed by atoms with Crippen LogP contribution in [0.25, 0.3) is 11.1 Å². The Labute approximate surface area is 271 Å². The maximum absolute atomic E-state index is 5.12. The summed E-state index contributed by atoms with van der Waals surface area (Å²) in [5.41, 5.74) is 9.90. The van der Waals surface area contributed by atoms with Gasteiger partial charge in [-0.05, 0) is 62.1 Å². The van der Waals surface area contributed by atoms with E-state index < -0.39 is 0 Å². The molecule has 7 rings (SSSR count). The summed E-state index contributed by atoms with van der Waals surface area (Å²) in [5.74, 6) is 2.46. The van der Waals surface area contributed by atoms with Gasteiger partial charge in [-0.1, -0.05) is 103 Å². The molecule has 7 heteroatoms. The smallest absolute Gasteiger partial charge is 0.169 e. The van der Waals surface area contributed by atoms with E-state index in [4.69, 9.17) is 15.0 Å². The van der Waals surface area contributed by atoms with Gasteiger partial charge in [0.2, 0.25) is 0 Å². The second kappa shape index (κ2) is 12.6. The van der Waals surface area contributed by atoms with Crippen LogP contribution in [0.3, 0.4) is 0 Å². The summed E-state index contributed by atoms with van der Waals surface area (Å²) >= 11 is 0. The minimum Gasteiger partial charge on any atom is -0.370 e. The van der Waals surface area contributed by atoms with Crippen molar-refractivity contribution in [3.8, 4) is 11.1 Å². The summed E-state index contributed by atoms with van der Waals surface area (Å²) in [6.07, 6.45) is 3.99. The average molecular weight is 606 g/mol. The first-order valence-electron chi connectivity index (χ1n) is 15.9. The summed E-state index contributed by atoms with van der Waals surface area (Å²) in [7, 11) is 0. The number of rotatable bonds is 6. The second-order valence-corrected chi connectivity index (χ2v) is 12.2. The molecule has 3 aliphatic heterocycles. The number of nitrogens with one attached hydrogen (secondary N) is 4. The van der Waals surface area contributed by atoms with Crippen LogP contribution in [0.2, 0.25) is 0 Å². The van der Waals surface area contributed by atoms with Crippen LogP contribution < -0.4 is 21.3 Å². The van der Waals surface area contributed by atoms with Crippen molar-refractivity contribution in [2.75, 3.05) is 0 Å². The summed E-state index contributed by atoms with van der Waals surface area (Å²) in [4.78, 5) is 15.0. The van der Waals surface area contributed by atoms with Crippen LogP contribution in [0.5, 0.6) is 0 Å². The van der Waals surface area contributed by atoms with Crippen molar-refractivity contribution in [3.63, 3.8) is 0 Å². The summed E-state index contributed by atoms with van der Waals surface area (Å²) < 4.78 is 0. The van der Waals surface area contributed by atoms with E-state index in [-0.39, 0.29) is 18.4 Å². The third-order valence-corrected chi connectivity index (χ3v) is 8.45. The van der Waals surface area contributed by atoms with Crippen molar-refractivity contribution in [1.29, 1.82) is 0 Å². The number of amidine groups is 3. The highest BCUT2D eigenvalue weighted by Crippen LogP contribution is 2.27. The largest absolute Gasteiger partial charge is 0.370 e. The standard InChI is InChI=1S/C39H39N7/c1-24-22-25(2)41-35(40-24)30-14-18-33(19-15-30)38-44-37(32-12-10-29(11-13-32)28-8-6-5-7-9-28)45-39(46-38)34-20-16-31(17-21-34)36-42-26(3)23-27(4)43-36/h5-24,26,35,38,40-41H,1-4H3,(H,42,43)(H,44,45,46). The molecule has 0 fully saturated rings. The molecule has 3 heterocycles. The van der Waals surface area contributed by atoms with E-state index >= 15 is 0 Å². The zero-order valence-electron chi connectivity index (χ0n) is 26.6. The van der Waals surface area contributed by atoms with Gasteiger partial charge in [0, 0.05) is 34.1 Å². The molecule has 0 aromatic heterocycles. The molecule has 4 aromatic rings. The minimum absolute atomic E-state index is 0.0624. The molecule has 46 heavy (non-hydrogen) atoms. The van der Waals surface area contributed by atoms with E-state index in [1.807, 2.05) is 6.07 Å². The molecule has 0 saturated carbocycles. The lowest BCUT2D eigenvalue weighted by Gasteiger charge is -2.30. The number of hydrogen-bond acceptors (Lipinski definition) is 7. The first-order valence-corrected chi connectivity index (χ1v) is 15.9. The maximum Gasteiger partial charge on any atom is 0.169 e. The highest BCUT2D eigenvalue weighted by Gasteiger charge is 2.23. The van der Waals surface area contributed by atoms with Gasteiger partial charge in [0.1, 0.15) is 23.7 Å². The van der Waals surface area contributed by atoms with Gasteiger partial charge >= 0.3 is 0 Å². The summed E-state index contributed by atoms with van der Waals surface area (Å²) in [6, 6.07) is 36.4. The lowest BCUT2D eigenvalue weighted by Crippen LogP contribution is -2.42. The molecule has 0 spiro atoms. The van der Waals surface area contributed by atoms with Gasteiger partial charge in [-0.3, -0.25) is 10.3 Å². The molecule has 4 N–H and O–H groups in total. The van der Waals surface area contributed by atoms with Crippen LogP contribution in [-0.4, -0.2) is 29.6 Å². The Bertz CT molecular complexity index is 1870. The molecular weight excluding hydrogens is 566 g/mol. The Kier molecular flexibility index (Phi) is 8.07. The molecule has 4 atom stereocenters. The molecular formula is C39H39N7. The number of allylic oxidation sites excluding steroid dienone is 2. The predicted molar refractivity (Wildman–Crippen MR) is 189 cm³/mol. The Balaban J connectivity index is 1.20. The molecule has 4 aromatic carbocycles. The molecule has 3 aliphatic rings. The number of hydrogen-bond donors (Lipinski definition) is 4. The van der Waals surface area contributed by atoms with E-state index in [2.05, 4.69) is 158 Å². The molecule has 0 radical (unpaired) electrons. The molecule has 230 valence electrons. The zero-order valence-corrected chi connectivity index (χ0v) is 26.6. The van der Waals surface area contributed by atoms with E-state index in [1.54, 1.807) is 0 Å².